The number of benzene rings is 8. The first-order valence-electron chi connectivity index (χ1n) is 19.5. The van der Waals surface area contributed by atoms with Gasteiger partial charge in [0.15, 0.2) is 0 Å². The van der Waals surface area contributed by atoms with E-state index < -0.39 is 0 Å². The predicted octanol–water partition coefficient (Wildman–Crippen LogP) is 11.0. The summed E-state index contributed by atoms with van der Waals surface area (Å²) in [7, 11) is 0. The van der Waals surface area contributed by atoms with Gasteiger partial charge >= 0.3 is 0 Å². The maximum Gasteiger partial charge on any atom is 0.138 e. The van der Waals surface area contributed by atoms with E-state index in [1.54, 1.807) is 0 Å². The summed E-state index contributed by atoms with van der Waals surface area (Å²) in [5, 5.41) is 18.3. The van der Waals surface area contributed by atoms with Crippen LogP contribution in [0.5, 0.6) is 0 Å². The van der Waals surface area contributed by atoms with E-state index in [2.05, 4.69) is 180 Å². The summed E-state index contributed by atoms with van der Waals surface area (Å²) in [6.07, 6.45) is 8.21. The lowest BCUT2D eigenvalue weighted by Crippen LogP contribution is -2.45. The van der Waals surface area contributed by atoms with E-state index in [9.17, 15) is 0 Å². The molecular weight excluding hydrogens is 699 g/mol. The van der Waals surface area contributed by atoms with Gasteiger partial charge in [-0.25, -0.2) is 4.99 Å². The Hall–Kier alpha value is -6.62. The van der Waals surface area contributed by atoms with Crippen LogP contribution in [0.25, 0.3) is 83.7 Å². The average molecular weight is 732 g/mol. The Morgan fingerprint density at radius 3 is 2.02 bits per heavy atom. The zero-order valence-electron chi connectivity index (χ0n) is 30.3. The molecule has 0 fully saturated rings. The standard InChI is InChI=1S/C52H33N3S/c1-2-14-32(15-3-1)50-52(54-45-28-41-38-21-11-9-19-36(38)35-18-8-10-20-37(35)40(41)27-44(45)53-50)55-46-25-23-30-12-4-6-16-33(30)49(46)43-26-42-39-24-22-31-13-5-7-17-34(31)51(39)56-48(42)29-47(43)55/h1-25,27-29,42,45,54H,26H2. The van der Waals surface area contributed by atoms with Gasteiger partial charge in [-0.1, -0.05) is 157 Å². The summed E-state index contributed by atoms with van der Waals surface area (Å²) in [5.41, 5.74) is 8.40. The zero-order chi connectivity index (χ0) is 36.5. The van der Waals surface area contributed by atoms with Gasteiger partial charge in [0.05, 0.1) is 23.0 Å². The van der Waals surface area contributed by atoms with Gasteiger partial charge in [-0.3, -0.25) is 4.57 Å². The highest BCUT2D eigenvalue weighted by atomic mass is 32.2. The molecule has 0 amide bonds. The van der Waals surface area contributed by atoms with Crippen LogP contribution in [0.15, 0.2) is 166 Å². The number of hydrogen-bond donors (Lipinski definition) is 1. The number of hydrogen-bond acceptors (Lipinski definition) is 3. The van der Waals surface area contributed by atoms with Crippen molar-refractivity contribution in [1.29, 1.82) is 0 Å². The molecule has 0 saturated heterocycles. The lowest BCUT2D eigenvalue weighted by atomic mass is 9.85. The first kappa shape index (κ1) is 30.7. The number of rotatable bonds is 2. The van der Waals surface area contributed by atoms with Crippen LogP contribution in [0, 0.1) is 0 Å². The van der Waals surface area contributed by atoms with Crippen molar-refractivity contribution < 1.29 is 0 Å². The topological polar surface area (TPSA) is 29.3 Å². The normalized spacial score (nSPS) is 18.1. The van der Waals surface area contributed by atoms with Gasteiger partial charge in [-0.2, -0.15) is 0 Å². The molecule has 3 heterocycles. The number of aromatic nitrogens is 1. The smallest absolute Gasteiger partial charge is 0.138 e. The van der Waals surface area contributed by atoms with Crippen LogP contribution in [0.2, 0.25) is 0 Å². The lowest BCUT2D eigenvalue weighted by Gasteiger charge is -2.30. The van der Waals surface area contributed by atoms with Crippen LogP contribution in [0.1, 0.15) is 28.3 Å². The number of fused-ring (bicyclic) bond motifs is 17. The van der Waals surface area contributed by atoms with Crippen LogP contribution in [0.4, 0.5) is 0 Å². The number of allylic oxidation sites excluding steroid dienone is 1. The largest absolute Gasteiger partial charge is 0.357 e. The van der Waals surface area contributed by atoms with E-state index in [0.717, 1.165) is 29.2 Å². The Morgan fingerprint density at radius 1 is 0.589 bits per heavy atom. The van der Waals surface area contributed by atoms with E-state index in [1.807, 2.05) is 11.8 Å². The second-order valence-electron chi connectivity index (χ2n) is 15.4. The fourth-order valence-corrected chi connectivity index (χ4v) is 11.4. The Morgan fingerprint density at radius 2 is 1.23 bits per heavy atom. The van der Waals surface area contributed by atoms with Gasteiger partial charge in [0.1, 0.15) is 11.5 Å². The van der Waals surface area contributed by atoms with Gasteiger partial charge in [0.25, 0.3) is 0 Å². The first-order chi connectivity index (χ1) is 27.8. The van der Waals surface area contributed by atoms with Gasteiger partial charge in [-0.15, -0.1) is 0 Å². The monoisotopic (exact) mass is 731 g/mol. The Kier molecular flexibility index (Phi) is 6.27. The number of thioether (sulfide) groups is 1. The molecule has 0 bridgehead atoms. The zero-order valence-corrected chi connectivity index (χ0v) is 31.1. The minimum absolute atomic E-state index is 0.108. The number of aliphatic imine (C=N–C) groups is 1. The minimum Gasteiger partial charge on any atom is -0.357 e. The third kappa shape index (κ3) is 4.22. The van der Waals surface area contributed by atoms with E-state index in [1.165, 1.54) is 91.1 Å². The van der Waals surface area contributed by atoms with Crippen LogP contribution in [-0.4, -0.2) is 16.3 Å². The fraction of sp³-hybridized carbons (Fsp3) is 0.0577. The third-order valence-corrected chi connectivity index (χ3v) is 13.8. The maximum absolute atomic E-state index is 5.65. The molecule has 56 heavy (non-hydrogen) atoms. The molecule has 4 heteroatoms. The van der Waals surface area contributed by atoms with Crippen molar-refractivity contribution in [3.05, 3.63) is 189 Å². The van der Waals surface area contributed by atoms with Gasteiger partial charge in [0.2, 0.25) is 0 Å². The van der Waals surface area contributed by atoms with Crippen LogP contribution >= 0.6 is 11.8 Å². The molecule has 2 aliphatic heterocycles. The number of nitrogens with zero attached hydrogens (tertiary/aromatic N) is 2. The Balaban J connectivity index is 1.10. The molecule has 8 aromatic carbocycles. The summed E-state index contributed by atoms with van der Waals surface area (Å²) in [6.45, 7) is 0. The van der Waals surface area contributed by atoms with Crippen molar-refractivity contribution >= 4 is 101 Å². The molecule has 13 rings (SSSR count). The molecule has 2 atom stereocenters. The van der Waals surface area contributed by atoms with Crippen molar-refractivity contribution in [2.45, 2.75) is 23.3 Å². The van der Waals surface area contributed by atoms with E-state index >= 15 is 0 Å². The van der Waals surface area contributed by atoms with Crippen molar-refractivity contribution in [2.24, 2.45) is 4.99 Å². The maximum atomic E-state index is 5.65. The van der Waals surface area contributed by atoms with Crippen molar-refractivity contribution in [1.82, 2.24) is 9.88 Å². The highest BCUT2D eigenvalue weighted by Gasteiger charge is 2.37. The second-order valence-corrected chi connectivity index (χ2v) is 16.5. The first-order valence-corrected chi connectivity index (χ1v) is 20.3. The molecule has 0 radical (unpaired) electrons. The van der Waals surface area contributed by atoms with E-state index in [0.29, 0.717) is 5.92 Å². The van der Waals surface area contributed by atoms with Crippen LogP contribution in [0.3, 0.4) is 0 Å². The molecule has 9 aromatic rings. The van der Waals surface area contributed by atoms with Crippen LogP contribution in [-0.2, 0) is 6.42 Å². The molecule has 2 unspecified atom stereocenters. The van der Waals surface area contributed by atoms with Crippen molar-refractivity contribution in [2.75, 3.05) is 0 Å². The summed E-state index contributed by atoms with van der Waals surface area (Å²) in [5.74, 6) is 1.35. The van der Waals surface area contributed by atoms with Crippen molar-refractivity contribution in [3.8, 4) is 0 Å². The molecular formula is C52H33N3S. The summed E-state index contributed by atoms with van der Waals surface area (Å²) in [6, 6.07) is 55.3. The Bertz CT molecular complexity index is 3460. The lowest BCUT2D eigenvalue weighted by molar-refractivity contribution is 0.804. The van der Waals surface area contributed by atoms with Crippen molar-refractivity contribution in [3.63, 3.8) is 0 Å². The molecule has 3 nitrogen and oxygen atoms in total. The third-order valence-electron chi connectivity index (χ3n) is 12.5. The van der Waals surface area contributed by atoms with Gasteiger partial charge in [-0.05, 0) is 100 Å². The summed E-state index contributed by atoms with van der Waals surface area (Å²) >= 11 is 1.96. The predicted molar refractivity (Wildman–Crippen MR) is 237 cm³/mol. The molecule has 1 aromatic heterocycles. The molecule has 0 saturated carbocycles. The number of nitrogens with one attached hydrogen (secondary N) is 1. The van der Waals surface area contributed by atoms with E-state index in [-0.39, 0.29) is 6.04 Å². The van der Waals surface area contributed by atoms with E-state index in [4.69, 9.17) is 4.99 Å². The van der Waals surface area contributed by atoms with Gasteiger partial charge in [0, 0.05) is 21.8 Å². The fourth-order valence-electron chi connectivity index (χ4n) is 10.0. The molecule has 1 N–H and O–H groups in total. The second kappa shape index (κ2) is 11.5. The van der Waals surface area contributed by atoms with Crippen LogP contribution < -0.4 is 15.8 Å². The average Bonchev–Trinajstić information content (AvgIpc) is 3.80. The SMILES string of the molecule is C1=C2Sc3c(ccc4ccccc34)C2Cc2c1n(C1=C(c3ccccc3)N=C3C=c4c(c5ccccc5c5ccccc45)=CC3N1)c1ccc3ccccc3c21. The quantitative estimate of drug-likeness (QED) is 0.179. The summed E-state index contributed by atoms with van der Waals surface area (Å²) < 4.78 is 2.51. The van der Waals surface area contributed by atoms with Gasteiger partial charge < -0.3 is 5.32 Å². The highest BCUT2D eigenvalue weighted by molar-refractivity contribution is 8.03. The molecule has 4 aliphatic rings. The minimum atomic E-state index is -0.108. The highest BCUT2D eigenvalue weighted by Crippen LogP contribution is 2.56. The summed E-state index contributed by atoms with van der Waals surface area (Å²) in [4.78, 5) is 8.48. The molecule has 0 spiro atoms. The molecule has 2 aliphatic carbocycles. The Labute approximate surface area is 327 Å². The molecule has 262 valence electrons.